The van der Waals surface area contributed by atoms with Gasteiger partial charge in [0.2, 0.25) is 0 Å². The van der Waals surface area contributed by atoms with Crippen LogP contribution in [0.3, 0.4) is 0 Å². The van der Waals surface area contributed by atoms with Crippen LogP contribution in [0.25, 0.3) is 0 Å². The summed E-state index contributed by atoms with van der Waals surface area (Å²) in [7, 11) is 0. The van der Waals surface area contributed by atoms with Crippen molar-refractivity contribution in [2.24, 2.45) is 0 Å². The molecular weight excluding hydrogens is 244 g/mol. The Hall–Kier alpha value is -1.13. The average Bonchev–Trinajstić information content (AvgIpc) is 2.80. The molecule has 0 unspecified atom stereocenters. The Bertz CT molecular complexity index is 459. The van der Waals surface area contributed by atoms with Crippen molar-refractivity contribution in [3.8, 4) is 5.75 Å². The van der Waals surface area contributed by atoms with Crippen molar-refractivity contribution in [2.45, 2.75) is 19.4 Å². The zero-order valence-corrected chi connectivity index (χ0v) is 10.4. The quantitative estimate of drug-likeness (QED) is 0.786. The fraction of sp³-hybridized carbons (Fsp3) is 0.273. The van der Waals surface area contributed by atoms with Crippen LogP contribution in [-0.4, -0.2) is 9.97 Å². The Balaban J connectivity index is 2.09. The summed E-state index contributed by atoms with van der Waals surface area (Å²) in [5.41, 5.74) is 1.72. The largest absolute Gasteiger partial charge is 0.484 e. The van der Waals surface area contributed by atoms with E-state index in [1.54, 1.807) is 17.5 Å². The fourth-order valence-electron chi connectivity index (χ4n) is 1.29. The van der Waals surface area contributed by atoms with Gasteiger partial charge >= 0.3 is 0 Å². The Kier molecular flexibility index (Phi) is 3.74. The molecule has 0 fully saturated rings. The molecule has 0 atom stereocenters. The third-order valence-electron chi connectivity index (χ3n) is 2.03. The lowest BCUT2D eigenvalue weighted by Gasteiger charge is -2.08. The van der Waals surface area contributed by atoms with E-state index < -0.39 is 0 Å². The van der Waals surface area contributed by atoms with Crippen LogP contribution < -0.4 is 4.74 Å². The first-order chi connectivity index (χ1) is 7.79. The summed E-state index contributed by atoms with van der Waals surface area (Å²) in [5.74, 6) is 1.09. The van der Waals surface area contributed by atoms with Gasteiger partial charge in [0.1, 0.15) is 17.4 Å². The van der Waals surface area contributed by atoms with Gasteiger partial charge in [-0.1, -0.05) is 0 Å². The molecule has 2 aromatic rings. The molecule has 5 heteroatoms. The fourth-order valence-corrected chi connectivity index (χ4v) is 2.01. The maximum atomic E-state index is 5.81. The maximum absolute atomic E-state index is 5.81. The predicted molar refractivity (Wildman–Crippen MR) is 65.0 cm³/mol. The van der Waals surface area contributed by atoms with Crippen LogP contribution in [0, 0.1) is 6.92 Å². The molecule has 3 nitrogen and oxygen atoms in total. The molecule has 0 spiro atoms. The molecule has 2 aromatic heterocycles. The zero-order chi connectivity index (χ0) is 11.4. The zero-order valence-electron chi connectivity index (χ0n) is 8.81. The number of alkyl halides is 1. The van der Waals surface area contributed by atoms with Gasteiger partial charge in [0, 0.05) is 17.3 Å². The Morgan fingerprint density at radius 1 is 1.44 bits per heavy atom. The van der Waals surface area contributed by atoms with Crippen LogP contribution in [0.4, 0.5) is 0 Å². The van der Waals surface area contributed by atoms with Gasteiger partial charge in [0.25, 0.3) is 0 Å². The highest BCUT2D eigenvalue weighted by molar-refractivity contribution is 7.09. The normalized spacial score (nSPS) is 10.4. The Labute approximate surface area is 103 Å². The molecule has 2 heterocycles. The van der Waals surface area contributed by atoms with Crippen LogP contribution in [-0.2, 0) is 12.5 Å². The standard InChI is InChI=1S/C11H11ClN2OS/c1-8-2-3-10(9(6-12)14-8)15-7-11-13-4-5-16-11/h2-5H,6-7H2,1H3. The lowest BCUT2D eigenvalue weighted by atomic mass is 10.3. The first-order valence-electron chi connectivity index (χ1n) is 4.83. The van der Waals surface area contributed by atoms with E-state index in [9.17, 15) is 0 Å². The first kappa shape index (κ1) is 11.4. The minimum atomic E-state index is 0.356. The summed E-state index contributed by atoms with van der Waals surface area (Å²) >= 11 is 7.38. The van der Waals surface area contributed by atoms with Crippen molar-refractivity contribution >= 4 is 22.9 Å². The van der Waals surface area contributed by atoms with E-state index in [-0.39, 0.29) is 0 Å². The molecule has 0 saturated carbocycles. The molecule has 0 aliphatic rings. The van der Waals surface area contributed by atoms with Crippen molar-refractivity contribution in [3.05, 3.63) is 40.1 Å². The topological polar surface area (TPSA) is 35.0 Å². The van der Waals surface area contributed by atoms with Gasteiger partial charge in [-0.25, -0.2) is 4.98 Å². The first-order valence-corrected chi connectivity index (χ1v) is 6.24. The predicted octanol–water partition coefficient (Wildman–Crippen LogP) is 3.16. The lowest BCUT2D eigenvalue weighted by Crippen LogP contribution is -1.99. The third-order valence-corrected chi connectivity index (χ3v) is 3.04. The highest BCUT2D eigenvalue weighted by atomic mass is 35.5. The van der Waals surface area contributed by atoms with E-state index in [4.69, 9.17) is 16.3 Å². The number of thiazole rings is 1. The number of hydrogen-bond donors (Lipinski definition) is 0. The number of ether oxygens (including phenoxy) is 1. The van der Waals surface area contributed by atoms with Crippen LogP contribution in [0.1, 0.15) is 16.4 Å². The summed E-state index contributed by atoms with van der Waals surface area (Å²) < 4.78 is 5.63. The molecule has 84 valence electrons. The van der Waals surface area contributed by atoms with Gasteiger partial charge in [0.05, 0.1) is 11.6 Å². The average molecular weight is 255 g/mol. The van der Waals surface area contributed by atoms with E-state index >= 15 is 0 Å². The molecule has 0 N–H and O–H groups in total. The number of rotatable bonds is 4. The van der Waals surface area contributed by atoms with Crippen LogP contribution >= 0.6 is 22.9 Å². The molecule has 16 heavy (non-hydrogen) atoms. The molecule has 0 aliphatic carbocycles. The van der Waals surface area contributed by atoms with E-state index in [1.165, 1.54) is 0 Å². The van der Waals surface area contributed by atoms with Gasteiger partial charge in [-0.15, -0.1) is 22.9 Å². The van der Waals surface area contributed by atoms with Gasteiger partial charge in [-0.2, -0.15) is 0 Å². The highest BCUT2D eigenvalue weighted by Crippen LogP contribution is 2.20. The number of aromatic nitrogens is 2. The second kappa shape index (κ2) is 5.27. The number of halogens is 1. The van der Waals surface area contributed by atoms with Crippen molar-refractivity contribution in [2.75, 3.05) is 0 Å². The molecule has 0 amide bonds. The molecule has 0 aromatic carbocycles. The Morgan fingerprint density at radius 3 is 3.00 bits per heavy atom. The van der Waals surface area contributed by atoms with Crippen molar-refractivity contribution in [3.63, 3.8) is 0 Å². The molecule has 0 aliphatic heterocycles. The van der Waals surface area contributed by atoms with Crippen LogP contribution in [0.15, 0.2) is 23.7 Å². The second-order valence-electron chi connectivity index (χ2n) is 3.25. The smallest absolute Gasteiger partial charge is 0.142 e. The number of pyridine rings is 1. The number of aryl methyl sites for hydroxylation is 1. The van der Waals surface area contributed by atoms with Crippen molar-refractivity contribution in [1.82, 2.24) is 9.97 Å². The van der Waals surface area contributed by atoms with E-state index in [1.807, 2.05) is 24.4 Å². The van der Waals surface area contributed by atoms with Gasteiger partial charge < -0.3 is 4.74 Å². The van der Waals surface area contributed by atoms with Gasteiger partial charge in [-0.3, -0.25) is 4.98 Å². The summed E-state index contributed by atoms with van der Waals surface area (Å²) in [5, 5.41) is 2.87. The molecule has 2 rings (SSSR count). The third kappa shape index (κ3) is 2.71. The van der Waals surface area contributed by atoms with E-state index in [0.29, 0.717) is 12.5 Å². The van der Waals surface area contributed by atoms with E-state index in [2.05, 4.69) is 9.97 Å². The van der Waals surface area contributed by atoms with E-state index in [0.717, 1.165) is 22.1 Å². The number of nitrogens with zero attached hydrogens (tertiary/aromatic N) is 2. The molecule has 0 bridgehead atoms. The summed E-state index contributed by atoms with van der Waals surface area (Å²) in [6.45, 7) is 2.40. The van der Waals surface area contributed by atoms with Crippen LogP contribution in [0.2, 0.25) is 0 Å². The maximum Gasteiger partial charge on any atom is 0.142 e. The SMILES string of the molecule is Cc1ccc(OCc2nccs2)c(CCl)n1. The van der Waals surface area contributed by atoms with Crippen molar-refractivity contribution in [1.29, 1.82) is 0 Å². The Morgan fingerprint density at radius 2 is 2.31 bits per heavy atom. The second-order valence-corrected chi connectivity index (χ2v) is 4.49. The molecule has 0 saturated heterocycles. The summed E-state index contributed by atoms with van der Waals surface area (Å²) in [6.07, 6.45) is 1.76. The van der Waals surface area contributed by atoms with Crippen molar-refractivity contribution < 1.29 is 4.74 Å². The minimum absolute atomic E-state index is 0.356. The minimum Gasteiger partial charge on any atom is -0.484 e. The lowest BCUT2D eigenvalue weighted by molar-refractivity contribution is 0.301. The van der Waals surface area contributed by atoms with Gasteiger partial charge in [0.15, 0.2) is 0 Å². The van der Waals surface area contributed by atoms with Gasteiger partial charge in [-0.05, 0) is 19.1 Å². The highest BCUT2D eigenvalue weighted by Gasteiger charge is 2.05. The number of hydrogen-bond acceptors (Lipinski definition) is 4. The monoisotopic (exact) mass is 254 g/mol. The van der Waals surface area contributed by atoms with Crippen LogP contribution in [0.5, 0.6) is 5.75 Å². The molecule has 0 radical (unpaired) electrons. The summed E-state index contributed by atoms with van der Waals surface area (Å²) in [6, 6.07) is 3.81. The molecular formula is C11H11ClN2OS. The summed E-state index contributed by atoms with van der Waals surface area (Å²) in [4.78, 5) is 8.46.